The van der Waals surface area contributed by atoms with Crippen LogP contribution in [0, 0.1) is 6.92 Å². The summed E-state index contributed by atoms with van der Waals surface area (Å²) in [6.45, 7) is 1.93. The summed E-state index contributed by atoms with van der Waals surface area (Å²) in [5.41, 5.74) is 2.55. The zero-order valence-electron chi connectivity index (χ0n) is 10.1. The topological polar surface area (TPSA) is 17.1 Å². The van der Waals surface area contributed by atoms with Crippen LogP contribution >= 0.6 is 11.6 Å². The first-order valence-electron chi connectivity index (χ1n) is 5.71. The van der Waals surface area contributed by atoms with Gasteiger partial charge in [0.25, 0.3) is 0 Å². The second-order valence-electron chi connectivity index (χ2n) is 4.03. The van der Waals surface area contributed by atoms with E-state index in [1.165, 1.54) is 0 Å². The van der Waals surface area contributed by atoms with Crippen molar-refractivity contribution >= 4 is 23.5 Å². The Bertz CT molecular complexity index is 600. The van der Waals surface area contributed by atoms with Gasteiger partial charge in [-0.15, -0.1) is 0 Å². The van der Waals surface area contributed by atoms with Crippen LogP contribution in [0.4, 0.5) is 0 Å². The highest BCUT2D eigenvalue weighted by Crippen LogP contribution is 2.17. The third-order valence-electron chi connectivity index (χ3n) is 2.73. The number of benzene rings is 2. The average Bonchev–Trinajstić information content (AvgIpc) is 2.38. The Morgan fingerprint density at radius 2 is 1.72 bits per heavy atom. The summed E-state index contributed by atoms with van der Waals surface area (Å²) in [4.78, 5) is 12.0. The number of allylic oxidation sites excluding steroid dienone is 1. The number of carbonyl (C=O) groups is 1. The van der Waals surface area contributed by atoms with E-state index in [4.69, 9.17) is 11.6 Å². The largest absolute Gasteiger partial charge is 0.289 e. The number of carbonyl (C=O) groups excluding carboxylic acids is 1. The molecule has 2 rings (SSSR count). The lowest BCUT2D eigenvalue weighted by molar-refractivity contribution is 0.104. The molecule has 0 bridgehead atoms. The molecule has 18 heavy (non-hydrogen) atoms. The van der Waals surface area contributed by atoms with Gasteiger partial charge in [0.15, 0.2) is 5.78 Å². The van der Waals surface area contributed by atoms with E-state index in [0.717, 1.165) is 16.7 Å². The van der Waals surface area contributed by atoms with E-state index in [-0.39, 0.29) is 5.78 Å². The molecule has 0 radical (unpaired) electrons. The van der Waals surface area contributed by atoms with E-state index in [9.17, 15) is 4.79 Å². The van der Waals surface area contributed by atoms with Crippen molar-refractivity contribution in [1.29, 1.82) is 0 Å². The van der Waals surface area contributed by atoms with Crippen molar-refractivity contribution in [3.05, 3.63) is 76.3 Å². The predicted octanol–water partition coefficient (Wildman–Crippen LogP) is 4.54. The lowest BCUT2D eigenvalue weighted by atomic mass is 10.0. The number of ketones is 1. The summed E-state index contributed by atoms with van der Waals surface area (Å²) in [5, 5.41) is 0.645. The molecule has 90 valence electrons. The fourth-order valence-electron chi connectivity index (χ4n) is 1.71. The summed E-state index contributed by atoms with van der Waals surface area (Å²) in [7, 11) is 0. The monoisotopic (exact) mass is 256 g/mol. The maximum atomic E-state index is 12.0. The fraction of sp³-hybridized carbons (Fsp3) is 0.0625. The molecular formula is C16H13ClO. The van der Waals surface area contributed by atoms with Gasteiger partial charge in [0.1, 0.15) is 0 Å². The third-order valence-corrected chi connectivity index (χ3v) is 3.07. The highest BCUT2D eigenvalue weighted by molar-refractivity contribution is 6.32. The normalized spacial score (nSPS) is 10.8. The third kappa shape index (κ3) is 2.88. The van der Waals surface area contributed by atoms with Gasteiger partial charge in [0, 0.05) is 10.6 Å². The van der Waals surface area contributed by atoms with Crippen molar-refractivity contribution < 1.29 is 4.79 Å². The molecule has 2 aromatic carbocycles. The molecule has 0 heterocycles. The second kappa shape index (κ2) is 5.65. The minimum Gasteiger partial charge on any atom is -0.289 e. The van der Waals surface area contributed by atoms with Crippen LogP contribution in [-0.4, -0.2) is 5.78 Å². The Kier molecular flexibility index (Phi) is 3.96. The fourth-order valence-corrected chi connectivity index (χ4v) is 1.91. The van der Waals surface area contributed by atoms with Gasteiger partial charge in [-0.25, -0.2) is 0 Å². The van der Waals surface area contributed by atoms with Crippen LogP contribution in [0.1, 0.15) is 21.5 Å². The van der Waals surface area contributed by atoms with Gasteiger partial charge in [-0.3, -0.25) is 4.79 Å². The van der Waals surface area contributed by atoms with E-state index in [2.05, 4.69) is 0 Å². The molecule has 0 amide bonds. The van der Waals surface area contributed by atoms with Crippen molar-refractivity contribution in [3.8, 4) is 0 Å². The van der Waals surface area contributed by atoms with Crippen LogP contribution in [0.25, 0.3) is 6.08 Å². The van der Waals surface area contributed by atoms with Gasteiger partial charge in [-0.05, 0) is 36.3 Å². The predicted molar refractivity (Wildman–Crippen MR) is 76.0 cm³/mol. The summed E-state index contributed by atoms with van der Waals surface area (Å²) in [5.74, 6) is -0.00646. The molecule has 2 aromatic rings. The maximum Gasteiger partial charge on any atom is 0.186 e. The Balaban J connectivity index is 2.23. The minimum absolute atomic E-state index is 0.00646. The SMILES string of the molecule is Cc1ccccc1C(=O)/C=C/c1ccccc1Cl. The first kappa shape index (κ1) is 12.6. The van der Waals surface area contributed by atoms with Crippen LogP contribution < -0.4 is 0 Å². The summed E-state index contributed by atoms with van der Waals surface area (Å²) >= 11 is 6.02. The van der Waals surface area contributed by atoms with Crippen LogP contribution in [0.3, 0.4) is 0 Å². The quantitative estimate of drug-likeness (QED) is 0.582. The van der Waals surface area contributed by atoms with Crippen molar-refractivity contribution in [2.75, 3.05) is 0 Å². The van der Waals surface area contributed by atoms with Crippen LogP contribution in [0.5, 0.6) is 0 Å². The first-order valence-corrected chi connectivity index (χ1v) is 6.09. The molecule has 0 atom stereocenters. The van der Waals surface area contributed by atoms with Crippen LogP contribution in [-0.2, 0) is 0 Å². The van der Waals surface area contributed by atoms with Crippen molar-refractivity contribution in [2.24, 2.45) is 0 Å². The highest BCUT2D eigenvalue weighted by Gasteiger charge is 2.04. The van der Waals surface area contributed by atoms with Crippen molar-refractivity contribution in [1.82, 2.24) is 0 Å². The lowest BCUT2D eigenvalue weighted by Gasteiger charge is -2.00. The number of hydrogen-bond acceptors (Lipinski definition) is 1. The Morgan fingerprint density at radius 1 is 1.06 bits per heavy atom. The molecule has 1 nitrogen and oxygen atoms in total. The lowest BCUT2D eigenvalue weighted by Crippen LogP contribution is -1.96. The van der Waals surface area contributed by atoms with Gasteiger partial charge in [0.2, 0.25) is 0 Å². The van der Waals surface area contributed by atoms with E-state index in [0.29, 0.717) is 5.02 Å². The van der Waals surface area contributed by atoms with Crippen molar-refractivity contribution in [2.45, 2.75) is 6.92 Å². The van der Waals surface area contributed by atoms with Gasteiger partial charge in [-0.1, -0.05) is 54.1 Å². The Labute approximate surface area is 112 Å². The van der Waals surface area contributed by atoms with Gasteiger partial charge in [-0.2, -0.15) is 0 Å². The molecule has 0 fully saturated rings. The summed E-state index contributed by atoms with van der Waals surface area (Å²) in [6, 6.07) is 15.0. The van der Waals surface area contributed by atoms with E-state index < -0.39 is 0 Å². The van der Waals surface area contributed by atoms with Crippen LogP contribution in [0.2, 0.25) is 5.02 Å². The van der Waals surface area contributed by atoms with Gasteiger partial charge in [0.05, 0.1) is 0 Å². The van der Waals surface area contributed by atoms with E-state index in [1.807, 2.05) is 49.4 Å². The van der Waals surface area contributed by atoms with E-state index >= 15 is 0 Å². The second-order valence-corrected chi connectivity index (χ2v) is 4.44. The van der Waals surface area contributed by atoms with E-state index in [1.54, 1.807) is 18.2 Å². The molecule has 0 spiro atoms. The van der Waals surface area contributed by atoms with Crippen LogP contribution in [0.15, 0.2) is 54.6 Å². The summed E-state index contributed by atoms with van der Waals surface area (Å²) < 4.78 is 0. The average molecular weight is 257 g/mol. The Morgan fingerprint density at radius 3 is 2.44 bits per heavy atom. The zero-order chi connectivity index (χ0) is 13.0. The molecular weight excluding hydrogens is 244 g/mol. The minimum atomic E-state index is -0.00646. The first-order chi connectivity index (χ1) is 8.68. The molecule has 0 aliphatic rings. The highest BCUT2D eigenvalue weighted by atomic mass is 35.5. The van der Waals surface area contributed by atoms with Crippen molar-refractivity contribution in [3.63, 3.8) is 0 Å². The number of rotatable bonds is 3. The molecule has 0 aliphatic carbocycles. The molecule has 0 saturated carbocycles. The molecule has 0 aromatic heterocycles. The molecule has 0 unspecified atom stereocenters. The maximum absolute atomic E-state index is 12.0. The number of aryl methyl sites for hydroxylation is 1. The molecule has 0 saturated heterocycles. The standard InChI is InChI=1S/C16H13ClO/c1-12-6-2-4-8-14(12)16(18)11-10-13-7-3-5-9-15(13)17/h2-11H,1H3/b11-10+. The van der Waals surface area contributed by atoms with Gasteiger partial charge < -0.3 is 0 Å². The number of halogens is 1. The molecule has 0 aliphatic heterocycles. The molecule has 2 heteroatoms. The smallest absolute Gasteiger partial charge is 0.186 e. The molecule has 0 N–H and O–H groups in total. The number of hydrogen-bond donors (Lipinski definition) is 0. The zero-order valence-corrected chi connectivity index (χ0v) is 10.8. The summed E-state index contributed by atoms with van der Waals surface area (Å²) in [6.07, 6.45) is 3.31. The van der Waals surface area contributed by atoms with Gasteiger partial charge >= 0.3 is 0 Å². The Hall–Kier alpha value is -1.86.